The highest BCUT2D eigenvalue weighted by Gasteiger charge is 2.33. The number of hydrogen-bond donors (Lipinski definition) is 2. The summed E-state index contributed by atoms with van der Waals surface area (Å²) in [5.74, 6) is 0.290. The molecule has 0 spiro atoms. The first-order valence-corrected chi connectivity index (χ1v) is 11.2. The number of aromatic nitrogens is 2. The number of hydrogen-bond acceptors (Lipinski definition) is 5. The average molecular weight is 450 g/mol. The molecule has 3 amide bonds. The van der Waals surface area contributed by atoms with Crippen LogP contribution in [0.25, 0.3) is 5.65 Å². The van der Waals surface area contributed by atoms with Gasteiger partial charge in [-0.25, -0.2) is 9.78 Å². The smallest absolute Gasteiger partial charge is 0.319 e. The predicted molar refractivity (Wildman–Crippen MR) is 122 cm³/mol. The number of pyridine rings is 1. The van der Waals surface area contributed by atoms with Crippen molar-refractivity contribution in [1.82, 2.24) is 19.6 Å². The van der Waals surface area contributed by atoms with E-state index in [4.69, 9.17) is 9.47 Å². The Kier molecular flexibility index (Phi) is 6.23. The fraction of sp³-hybridized carbons (Fsp3) is 0.375. The molecular weight excluding hydrogens is 422 g/mol. The molecule has 4 heterocycles. The van der Waals surface area contributed by atoms with Gasteiger partial charge in [0.05, 0.1) is 19.8 Å². The topological polar surface area (TPSA) is 97.2 Å². The maximum absolute atomic E-state index is 12.6. The van der Waals surface area contributed by atoms with E-state index in [9.17, 15) is 9.59 Å². The summed E-state index contributed by atoms with van der Waals surface area (Å²) in [6.07, 6.45) is 5.97. The minimum absolute atomic E-state index is 0.0130. The van der Waals surface area contributed by atoms with Crippen molar-refractivity contribution in [2.24, 2.45) is 0 Å². The van der Waals surface area contributed by atoms with Crippen LogP contribution in [0.15, 0.2) is 55.0 Å². The number of ether oxygens (including phenoxy) is 2. The van der Waals surface area contributed by atoms with Crippen LogP contribution in [0.1, 0.15) is 23.5 Å². The van der Waals surface area contributed by atoms with Crippen LogP contribution >= 0.6 is 0 Å². The average Bonchev–Trinajstić information content (AvgIpc) is 3.53. The van der Waals surface area contributed by atoms with Crippen molar-refractivity contribution < 1.29 is 19.1 Å². The number of carbonyl (C=O) groups excluding carboxylic acids is 2. The van der Waals surface area contributed by atoms with Gasteiger partial charge in [-0.05, 0) is 41.8 Å². The van der Waals surface area contributed by atoms with E-state index in [1.807, 2.05) is 58.1 Å². The molecule has 9 nitrogen and oxygen atoms in total. The fourth-order valence-corrected chi connectivity index (χ4v) is 4.33. The number of nitrogens with zero attached hydrogens (tertiary/aromatic N) is 3. The van der Waals surface area contributed by atoms with Crippen LogP contribution in [-0.2, 0) is 20.8 Å². The van der Waals surface area contributed by atoms with Crippen LogP contribution < -0.4 is 10.6 Å². The molecule has 0 saturated carbocycles. The molecule has 3 aromatic rings. The number of carbonyl (C=O) groups is 2. The molecule has 1 aromatic carbocycles. The Balaban J connectivity index is 1.11. The van der Waals surface area contributed by atoms with Gasteiger partial charge >= 0.3 is 6.03 Å². The second-order valence-corrected chi connectivity index (χ2v) is 8.36. The van der Waals surface area contributed by atoms with E-state index in [0.717, 1.165) is 35.4 Å². The van der Waals surface area contributed by atoms with Crippen molar-refractivity contribution >= 4 is 23.3 Å². The number of likely N-dealkylation sites (tertiary alicyclic amines) is 1. The summed E-state index contributed by atoms with van der Waals surface area (Å²) in [5, 5.41) is 5.74. The zero-order valence-electron chi connectivity index (χ0n) is 18.3. The molecule has 0 aliphatic carbocycles. The molecule has 2 fully saturated rings. The number of urea groups is 1. The Morgan fingerprint density at radius 2 is 2.00 bits per heavy atom. The van der Waals surface area contributed by atoms with Crippen molar-refractivity contribution in [2.45, 2.75) is 25.0 Å². The summed E-state index contributed by atoms with van der Waals surface area (Å²) in [5.41, 5.74) is 3.70. The molecular formula is C24H27N5O4. The summed E-state index contributed by atoms with van der Waals surface area (Å²) >= 11 is 0. The molecule has 2 aromatic heterocycles. The molecule has 2 atom stereocenters. The lowest BCUT2D eigenvalue weighted by atomic mass is 9.98. The van der Waals surface area contributed by atoms with Gasteiger partial charge in [-0.15, -0.1) is 0 Å². The maximum atomic E-state index is 12.6. The van der Waals surface area contributed by atoms with E-state index >= 15 is 0 Å². The van der Waals surface area contributed by atoms with Crippen molar-refractivity contribution in [1.29, 1.82) is 0 Å². The van der Waals surface area contributed by atoms with Crippen LogP contribution in [-0.4, -0.2) is 65.2 Å². The third kappa shape index (κ3) is 4.99. The third-order valence-electron chi connectivity index (χ3n) is 6.15. The Bertz CT molecular complexity index is 1120. The number of imidazole rings is 1. The van der Waals surface area contributed by atoms with Crippen LogP contribution in [0.5, 0.6) is 0 Å². The lowest BCUT2D eigenvalue weighted by Crippen LogP contribution is -2.44. The van der Waals surface area contributed by atoms with Gasteiger partial charge in [-0.3, -0.25) is 4.79 Å². The van der Waals surface area contributed by atoms with E-state index in [1.54, 1.807) is 6.20 Å². The van der Waals surface area contributed by atoms with Crippen molar-refractivity contribution in [3.05, 3.63) is 66.1 Å². The first-order valence-electron chi connectivity index (χ1n) is 11.2. The van der Waals surface area contributed by atoms with E-state index in [0.29, 0.717) is 32.9 Å². The zero-order chi connectivity index (χ0) is 22.6. The second-order valence-electron chi connectivity index (χ2n) is 8.36. The van der Waals surface area contributed by atoms with Gasteiger partial charge in [0.25, 0.3) is 5.91 Å². The summed E-state index contributed by atoms with van der Waals surface area (Å²) in [6.45, 7) is 3.15. The lowest BCUT2D eigenvalue weighted by molar-refractivity contribution is -0.156. The standard InChI is InChI=1S/C24H27N5O4/c30-23(21-16-32-11-12-33-21)29-9-6-19(15-29)18-1-3-20(4-2-18)27-24(31)26-14-17-5-8-28-10-7-25-22(28)13-17/h1-5,7-8,10,13,19,21H,6,9,11-12,14-16H2,(H2,26,27,31). The van der Waals surface area contributed by atoms with Gasteiger partial charge in [-0.1, -0.05) is 12.1 Å². The van der Waals surface area contributed by atoms with Crippen LogP contribution in [0, 0.1) is 0 Å². The molecule has 2 aliphatic heterocycles. The molecule has 2 aliphatic rings. The Morgan fingerprint density at radius 1 is 1.12 bits per heavy atom. The molecule has 33 heavy (non-hydrogen) atoms. The molecule has 2 saturated heterocycles. The Labute approximate surface area is 191 Å². The van der Waals surface area contributed by atoms with E-state index in [2.05, 4.69) is 15.6 Å². The number of rotatable bonds is 5. The van der Waals surface area contributed by atoms with E-state index in [-0.39, 0.29) is 17.9 Å². The predicted octanol–water partition coefficient (Wildman–Crippen LogP) is 2.39. The van der Waals surface area contributed by atoms with Crippen LogP contribution in [0.2, 0.25) is 0 Å². The minimum Gasteiger partial charge on any atom is -0.376 e. The summed E-state index contributed by atoms with van der Waals surface area (Å²) in [6, 6.07) is 11.5. The van der Waals surface area contributed by atoms with Crippen molar-refractivity contribution in [2.75, 3.05) is 38.2 Å². The first-order chi connectivity index (χ1) is 16.2. The zero-order valence-corrected chi connectivity index (χ0v) is 18.3. The molecule has 9 heteroatoms. The summed E-state index contributed by atoms with van der Waals surface area (Å²) in [7, 11) is 0. The van der Waals surface area contributed by atoms with Gasteiger partial charge in [0, 0.05) is 49.8 Å². The normalized spacial score (nSPS) is 20.7. The van der Waals surface area contributed by atoms with Crippen molar-refractivity contribution in [3.8, 4) is 0 Å². The van der Waals surface area contributed by atoms with Crippen molar-refractivity contribution in [3.63, 3.8) is 0 Å². The minimum atomic E-state index is -0.482. The largest absolute Gasteiger partial charge is 0.376 e. The molecule has 0 bridgehead atoms. The monoisotopic (exact) mass is 449 g/mol. The number of nitrogens with one attached hydrogen (secondary N) is 2. The highest BCUT2D eigenvalue weighted by Crippen LogP contribution is 2.29. The lowest BCUT2D eigenvalue weighted by Gasteiger charge is -2.26. The summed E-state index contributed by atoms with van der Waals surface area (Å²) in [4.78, 5) is 31.0. The Morgan fingerprint density at radius 3 is 2.82 bits per heavy atom. The maximum Gasteiger partial charge on any atom is 0.319 e. The van der Waals surface area contributed by atoms with Crippen LogP contribution in [0.3, 0.4) is 0 Å². The first kappa shape index (κ1) is 21.4. The number of benzene rings is 1. The highest BCUT2D eigenvalue weighted by atomic mass is 16.6. The van der Waals surface area contributed by atoms with E-state index in [1.165, 1.54) is 0 Å². The van der Waals surface area contributed by atoms with Gasteiger partial charge in [-0.2, -0.15) is 0 Å². The molecule has 172 valence electrons. The molecule has 5 rings (SSSR count). The van der Waals surface area contributed by atoms with Gasteiger partial charge in [0.15, 0.2) is 6.10 Å². The third-order valence-corrected chi connectivity index (χ3v) is 6.15. The van der Waals surface area contributed by atoms with E-state index < -0.39 is 6.10 Å². The molecule has 2 N–H and O–H groups in total. The number of amides is 3. The molecule has 2 unspecified atom stereocenters. The molecule has 0 radical (unpaired) electrons. The second kappa shape index (κ2) is 9.60. The quantitative estimate of drug-likeness (QED) is 0.624. The SMILES string of the molecule is O=C(NCc1ccn2ccnc2c1)Nc1ccc(C2CCN(C(=O)C3COCCO3)C2)cc1. The van der Waals surface area contributed by atoms with Gasteiger partial charge in [0.2, 0.25) is 0 Å². The Hall–Kier alpha value is -3.43. The van der Waals surface area contributed by atoms with Crippen LogP contribution in [0.4, 0.5) is 10.5 Å². The number of anilines is 1. The van der Waals surface area contributed by atoms with Gasteiger partial charge < -0.3 is 29.4 Å². The highest BCUT2D eigenvalue weighted by molar-refractivity contribution is 5.89. The summed E-state index contributed by atoms with van der Waals surface area (Å²) < 4.78 is 12.8. The number of fused-ring (bicyclic) bond motifs is 1. The van der Waals surface area contributed by atoms with Gasteiger partial charge in [0.1, 0.15) is 5.65 Å². The fourth-order valence-electron chi connectivity index (χ4n) is 4.33.